The Balaban J connectivity index is 2.15. The summed E-state index contributed by atoms with van der Waals surface area (Å²) in [5.41, 5.74) is 5.09. The van der Waals surface area contributed by atoms with Crippen molar-refractivity contribution in [3.8, 4) is 0 Å². The fourth-order valence-corrected chi connectivity index (χ4v) is 3.66. The molecule has 1 atom stereocenters. The summed E-state index contributed by atoms with van der Waals surface area (Å²) in [5.74, 6) is 0. The van der Waals surface area contributed by atoms with Crippen LogP contribution in [0, 0.1) is 20.8 Å². The number of hydrogen-bond acceptors (Lipinski definition) is 2. The van der Waals surface area contributed by atoms with E-state index in [1.54, 1.807) is 0 Å². The highest BCUT2D eigenvalue weighted by molar-refractivity contribution is 5.38. The number of piperidine rings is 1. The number of nitrogens with zero attached hydrogens (tertiary/aromatic N) is 1. The number of hydrogen-bond donors (Lipinski definition) is 1. The fourth-order valence-electron chi connectivity index (χ4n) is 3.66. The predicted octanol–water partition coefficient (Wildman–Crippen LogP) is 3.78. The molecule has 0 aliphatic carbocycles. The lowest BCUT2D eigenvalue weighted by atomic mass is 9.85. The highest BCUT2D eigenvalue weighted by Crippen LogP contribution is 2.27. The third kappa shape index (κ3) is 3.67. The standard InChI is InChI=1S/C19H31NO/c1-14-11-15(2)17(16(3)12-14)13-18(21)19(4,5)20-9-7-6-8-10-20/h11-12,18,21H,6-10,13H2,1-5H3. The maximum Gasteiger partial charge on any atom is 0.0758 e. The summed E-state index contributed by atoms with van der Waals surface area (Å²) in [6.07, 6.45) is 4.29. The van der Waals surface area contributed by atoms with Gasteiger partial charge in [0.1, 0.15) is 0 Å². The molecule has 0 spiro atoms. The second kappa shape index (κ2) is 6.50. The van der Waals surface area contributed by atoms with Gasteiger partial charge in [0.25, 0.3) is 0 Å². The van der Waals surface area contributed by atoms with Crippen LogP contribution in [0.5, 0.6) is 0 Å². The fraction of sp³-hybridized carbons (Fsp3) is 0.684. The smallest absolute Gasteiger partial charge is 0.0758 e. The molecule has 1 aromatic carbocycles. The van der Waals surface area contributed by atoms with Crippen LogP contribution in [0.25, 0.3) is 0 Å². The highest BCUT2D eigenvalue weighted by Gasteiger charge is 2.35. The Bertz CT molecular complexity index is 463. The second-order valence-electron chi connectivity index (χ2n) is 7.30. The van der Waals surface area contributed by atoms with Gasteiger partial charge in [-0.05, 0) is 77.2 Å². The first-order valence-corrected chi connectivity index (χ1v) is 8.32. The van der Waals surface area contributed by atoms with Gasteiger partial charge in [-0.3, -0.25) is 4.90 Å². The molecule has 1 aliphatic rings. The summed E-state index contributed by atoms with van der Waals surface area (Å²) in [6, 6.07) is 4.45. The van der Waals surface area contributed by atoms with Crippen molar-refractivity contribution in [1.82, 2.24) is 4.90 Å². The van der Waals surface area contributed by atoms with Gasteiger partial charge >= 0.3 is 0 Å². The first-order chi connectivity index (χ1) is 9.82. The molecule has 2 heteroatoms. The zero-order chi connectivity index (χ0) is 15.6. The minimum absolute atomic E-state index is 0.149. The largest absolute Gasteiger partial charge is 0.391 e. The molecule has 0 bridgehead atoms. The van der Waals surface area contributed by atoms with E-state index in [9.17, 15) is 5.11 Å². The Morgan fingerprint density at radius 3 is 2.10 bits per heavy atom. The highest BCUT2D eigenvalue weighted by atomic mass is 16.3. The molecular formula is C19H31NO. The molecule has 1 aliphatic heterocycles. The summed E-state index contributed by atoms with van der Waals surface area (Å²) in [5, 5.41) is 10.9. The summed E-state index contributed by atoms with van der Waals surface area (Å²) in [4.78, 5) is 2.47. The lowest BCUT2D eigenvalue weighted by Crippen LogP contribution is -2.54. The zero-order valence-electron chi connectivity index (χ0n) is 14.4. The van der Waals surface area contributed by atoms with Crippen LogP contribution in [0.3, 0.4) is 0 Å². The maximum atomic E-state index is 10.9. The topological polar surface area (TPSA) is 23.5 Å². The van der Waals surface area contributed by atoms with Gasteiger partial charge in [-0.25, -0.2) is 0 Å². The number of rotatable bonds is 4. The molecule has 0 aromatic heterocycles. The number of aryl methyl sites for hydroxylation is 3. The predicted molar refractivity (Wildman–Crippen MR) is 89.9 cm³/mol. The van der Waals surface area contributed by atoms with Gasteiger partial charge in [0, 0.05) is 12.0 Å². The number of likely N-dealkylation sites (tertiary alicyclic amines) is 1. The summed E-state index contributed by atoms with van der Waals surface area (Å²) < 4.78 is 0. The normalized spacial score (nSPS) is 18.8. The molecule has 0 amide bonds. The molecule has 1 aromatic rings. The van der Waals surface area contributed by atoms with E-state index in [1.807, 2.05) is 0 Å². The van der Waals surface area contributed by atoms with Gasteiger partial charge < -0.3 is 5.11 Å². The van der Waals surface area contributed by atoms with Crippen LogP contribution in [0.4, 0.5) is 0 Å². The number of aliphatic hydroxyl groups is 1. The van der Waals surface area contributed by atoms with Crippen molar-refractivity contribution >= 4 is 0 Å². The van der Waals surface area contributed by atoms with Gasteiger partial charge in [-0.15, -0.1) is 0 Å². The van der Waals surface area contributed by atoms with Crippen molar-refractivity contribution in [2.45, 2.75) is 71.9 Å². The Labute approximate surface area is 130 Å². The molecule has 1 saturated heterocycles. The van der Waals surface area contributed by atoms with Crippen LogP contribution in [0.15, 0.2) is 12.1 Å². The average molecular weight is 289 g/mol. The average Bonchev–Trinajstić information content (AvgIpc) is 2.43. The minimum Gasteiger partial charge on any atom is -0.391 e. The first kappa shape index (κ1) is 16.5. The number of aliphatic hydroxyl groups excluding tert-OH is 1. The van der Waals surface area contributed by atoms with Crippen molar-refractivity contribution in [1.29, 1.82) is 0 Å². The van der Waals surface area contributed by atoms with Gasteiger partial charge in [0.2, 0.25) is 0 Å². The summed E-state index contributed by atoms with van der Waals surface area (Å²) in [7, 11) is 0. The van der Waals surface area contributed by atoms with Crippen LogP contribution in [0.2, 0.25) is 0 Å². The molecule has 2 rings (SSSR count). The molecule has 2 nitrogen and oxygen atoms in total. The van der Waals surface area contributed by atoms with Crippen molar-refractivity contribution < 1.29 is 5.11 Å². The van der Waals surface area contributed by atoms with Crippen LogP contribution in [-0.2, 0) is 6.42 Å². The van der Waals surface area contributed by atoms with Gasteiger partial charge in [0.05, 0.1) is 6.10 Å². The van der Waals surface area contributed by atoms with E-state index in [0.29, 0.717) is 0 Å². The van der Waals surface area contributed by atoms with E-state index in [4.69, 9.17) is 0 Å². The Morgan fingerprint density at radius 2 is 1.57 bits per heavy atom. The van der Waals surface area contributed by atoms with Crippen molar-refractivity contribution in [2.75, 3.05) is 13.1 Å². The minimum atomic E-state index is -0.323. The van der Waals surface area contributed by atoms with Crippen LogP contribution in [0.1, 0.15) is 55.4 Å². The summed E-state index contributed by atoms with van der Waals surface area (Å²) >= 11 is 0. The van der Waals surface area contributed by atoms with Gasteiger partial charge in [-0.2, -0.15) is 0 Å². The monoisotopic (exact) mass is 289 g/mol. The van der Waals surface area contributed by atoms with E-state index in [2.05, 4.69) is 51.7 Å². The van der Waals surface area contributed by atoms with Crippen molar-refractivity contribution in [3.63, 3.8) is 0 Å². The molecule has 21 heavy (non-hydrogen) atoms. The van der Waals surface area contributed by atoms with Crippen LogP contribution in [-0.4, -0.2) is 34.7 Å². The van der Waals surface area contributed by atoms with Crippen molar-refractivity contribution in [2.24, 2.45) is 0 Å². The molecule has 1 unspecified atom stereocenters. The lowest BCUT2D eigenvalue weighted by molar-refractivity contribution is -0.0188. The molecule has 1 heterocycles. The maximum absolute atomic E-state index is 10.9. The van der Waals surface area contributed by atoms with E-state index >= 15 is 0 Å². The van der Waals surface area contributed by atoms with E-state index < -0.39 is 0 Å². The number of benzene rings is 1. The second-order valence-corrected chi connectivity index (χ2v) is 7.30. The van der Waals surface area contributed by atoms with Gasteiger partial charge in [0.15, 0.2) is 0 Å². The van der Waals surface area contributed by atoms with E-state index in [0.717, 1.165) is 19.5 Å². The summed E-state index contributed by atoms with van der Waals surface area (Å²) in [6.45, 7) is 13.1. The lowest BCUT2D eigenvalue weighted by Gasteiger charge is -2.44. The molecule has 0 radical (unpaired) electrons. The van der Waals surface area contributed by atoms with Crippen LogP contribution >= 0.6 is 0 Å². The quantitative estimate of drug-likeness (QED) is 0.912. The molecule has 118 valence electrons. The van der Waals surface area contributed by atoms with Crippen molar-refractivity contribution in [3.05, 3.63) is 34.4 Å². The molecule has 0 saturated carbocycles. The Kier molecular flexibility index (Phi) is 5.11. The third-order valence-corrected chi connectivity index (χ3v) is 5.22. The first-order valence-electron chi connectivity index (χ1n) is 8.32. The SMILES string of the molecule is Cc1cc(C)c(CC(O)C(C)(C)N2CCCCC2)c(C)c1. The molecule has 1 fully saturated rings. The zero-order valence-corrected chi connectivity index (χ0v) is 14.4. The Hall–Kier alpha value is -0.860. The van der Waals surface area contributed by atoms with Crippen LogP contribution < -0.4 is 0 Å². The molecular weight excluding hydrogens is 258 g/mol. The third-order valence-electron chi connectivity index (χ3n) is 5.22. The van der Waals surface area contributed by atoms with E-state index in [1.165, 1.54) is 41.5 Å². The Morgan fingerprint density at radius 1 is 1.05 bits per heavy atom. The van der Waals surface area contributed by atoms with E-state index in [-0.39, 0.29) is 11.6 Å². The van der Waals surface area contributed by atoms with Gasteiger partial charge in [-0.1, -0.05) is 24.1 Å². The molecule has 1 N–H and O–H groups in total.